The molecule has 0 radical (unpaired) electrons. The second kappa shape index (κ2) is 8.62. The third-order valence-electron chi connectivity index (χ3n) is 3.48. The number of halogens is 1. The summed E-state index contributed by atoms with van der Waals surface area (Å²) in [6.45, 7) is 2.22. The van der Waals surface area contributed by atoms with Gasteiger partial charge in [-0.05, 0) is 42.8 Å². The van der Waals surface area contributed by atoms with Crippen LogP contribution in [0, 0.1) is 0 Å². The maximum Gasteiger partial charge on any atom is 0.0412 e. The molecule has 1 unspecified atom stereocenters. The number of hydrogen-bond donors (Lipinski definition) is 1. The Morgan fingerprint density at radius 2 is 1.90 bits per heavy atom. The van der Waals surface area contributed by atoms with Gasteiger partial charge in [0.15, 0.2) is 0 Å². The SMILES string of the molecule is CCCc1ccc(C(CSc2cccc(Br)c2)NC)cc1. The van der Waals surface area contributed by atoms with E-state index in [0.717, 1.165) is 16.6 Å². The number of nitrogens with one attached hydrogen (secondary N) is 1. The first-order valence-corrected chi connectivity index (χ1v) is 9.15. The van der Waals surface area contributed by atoms with E-state index in [0.29, 0.717) is 6.04 Å². The maximum atomic E-state index is 3.52. The Morgan fingerprint density at radius 3 is 2.52 bits per heavy atom. The molecule has 2 rings (SSSR count). The predicted octanol–water partition coefficient (Wildman–Crippen LogP) is 5.45. The molecule has 2 aromatic rings. The minimum absolute atomic E-state index is 0.379. The quantitative estimate of drug-likeness (QED) is 0.655. The van der Waals surface area contributed by atoms with Crippen molar-refractivity contribution in [1.29, 1.82) is 0 Å². The molecule has 112 valence electrons. The molecule has 3 heteroatoms. The van der Waals surface area contributed by atoms with Crippen molar-refractivity contribution in [3.8, 4) is 0 Å². The molecule has 0 bridgehead atoms. The average Bonchev–Trinajstić information content (AvgIpc) is 2.50. The van der Waals surface area contributed by atoms with Crippen molar-refractivity contribution >= 4 is 27.7 Å². The number of aryl methyl sites for hydroxylation is 1. The molecular weight excluding hydrogens is 342 g/mol. The molecular formula is C18H22BrNS. The molecule has 0 aliphatic carbocycles. The summed E-state index contributed by atoms with van der Waals surface area (Å²) in [6, 6.07) is 17.9. The summed E-state index contributed by atoms with van der Waals surface area (Å²) in [6.07, 6.45) is 2.37. The lowest BCUT2D eigenvalue weighted by molar-refractivity contribution is 0.661. The van der Waals surface area contributed by atoms with E-state index in [-0.39, 0.29) is 0 Å². The highest BCUT2D eigenvalue weighted by atomic mass is 79.9. The highest BCUT2D eigenvalue weighted by Crippen LogP contribution is 2.26. The van der Waals surface area contributed by atoms with Crippen molar-refractivity contribution in [2.24, 2.45) is 0 Å². The maximum absolute atomic E-state index is 3.52. The van der Waals surface area contributed by atoms with Crippen LogP contribution in [0.5, 0.6) is 0 Å². The summed E-state index contributed by atoms with van der Waals surface area (Å²) >= 11 is 5.41. The highest BCUT2D eigenvalue weighted by Gasteiger charge is 2.09. The molecule has 1 N–H and O–H groups in total. The lowest BCUT2D eigenvalue weighted by Crippen LogP contribution is -2.18. The van der Waals surface area contributed by atoms with Gasteiger partial charge in [-0.25, -0.2) is 0 Å². The van der Waals surface area contributed by atoms with E-state index in [4.69, 9.17) is 0 Å². The van der Waals surface area contributed by atoms with Gasteiger partial charge in [-0.2, -0.15) is 0 Å². The first-order valence-electron chi connectivity index (χ1n) is 7.37. The van der Waals surface area contributed by atoms with E-state index < -0.39 is 0 Å². The van der Waals surface area contributed by atoms with Gasteiger partial charge < -0.3 is 5.32 Å². The van der Waals surface area contributed by atoms with Gasteiger partial charge in [0.05, 0.1) is 0 Å². The van der Waals surface area contributed by atoms with Crippen LogP contribution in [-0.2, 0) is 6.42 Å². The Morgan fingerprint density at radius 1 is 1.14 bits per heavy atom. The van der Waals surface area contributed by atoms with Crippen LogP contribution in [0.25, 0.3) is 0 Å². The van der Waals surface area contributed by atoms with E-state index in [2.05, 4.69) is 76.7 Å². The van der Waals surface area contributed by atoms with Gasteiger partial charge in [-0.3, -0.25) is 0 Å². The molecule has 2 aromatic carbocycles. The summed E-state index contributed by atoms with van der Waals surface area (Å²) in [5.41, 5.74) is 2.79. The van der Waals surface area contributed by atoms with Crippen molar-refractivity contribution in [3.63, 3.8) is 0 Å². The minimum Gasteiger partial charge on any atom is -0.312 e. The molecule has 0 saturated carbocycles. The van der Waals surface area contributed by atoms with Gasteiger partial charge in [0.25, 0.3) is 0 Å². The van der Waals surface area contributed by atoms with Crippen LogP contribution in [0.15, 0.2) is 57.9 Å². The topological polar surface area (TPSA) is 12.0 Å². The number of benzene rings is 2. The van der Waals surface area contributed by atoms with E-state index in [1.807, 2.05) is 18.8 Å². The largest absolute Gasteiger partial charge is 0.312 e. The van der Waals surface area contributed by atoms with Gasteiger partial charge in [-0.15, -0.1) is 11.8 Å². The molecule has 0 aliphatic heterocycles. The summed E-state index contributed by atoms with van der Waals surface area (Å²) < 4.78 is 1.14. The van der Waals surface area contributed by atoms with Gasteiger partial charge in [0, 0.05) is 21.2 Å². The first-order chi connectivity index (χ1) is 10.2. The number of hydrogen-bond acceptors (Lipinski definition) is 2. The van der Waals surface area contributed by atoms with Crippen LogP contribution in [0.3, 0.4) is 0 Å². The lowest BCUT2D eigenvalue weighted by atomic mass is 10.0. The Labute approximate surface area is 140 Å². The molecule has 0 heterocycles. The highest BCUT2D eigenvalue weighted by molar-refractivity contribution is 9.10. The van der Waals surface area contributed by atoms with E-state index in [1.54, 1.807) is 0 Å². The fourth-order valence-corrected chi connectivity index (χ4v) is 3.94. The monoisotopic (exact) mass is 363 g/mol. The van der Waals surface area contributed by atoms with Crippen LogP contribution in [0.2, 0.25) is 0 Å². The van der Waals surface area contributed by atoms with Crippen LogP contribution in [0.4, 0.5) is 0 Å². The Kier molecular flexibility index (Phi) is 6.81. The van der Waals surface area contributed by atoms with Crippen molar-refractivity contribution in [3.05, 3.63) is 64.1 Å². The van der Waals surface area contributed by atoms with Crippen molar-refractivity contribution in [2.75, 3.05) is 12.8 Å². The fourth-order valence-electron chi connectivity index (χ4n) is 2.29. The van der Waals surface area contributed by atoms with Gasteiger partial charge >= 0.3 is 0 Å². The zero-order chi connectivity index (χ0) is 15.1. The Hall–Kier alpha value is -0.770. The Balaban J connectivity index is 1.99. The zero-order valence-electron chi connectivity index (χ0n) is 12.6. The normalized spacial score (nSPS) is 12.3. The molecule has 0 aromatic heterocycles. The third kappa shape index (κ3) is 5.17. The van der Waals surface area contributed by atoms with Crippen LogP contribution in [0.1, 0.15) is 30.5 Å². The molecule has 1 nitrogen and oxygen atoms in total. The van der Waals surface area contributed by atoms with Crippen LogP contribution < -0.4 is 5.32 Å². The van der Waals surface area contributed by atoms with E-state index in [9.17, 15) is 0 Å². The molecule has 0 amide bonds. The summed E-state index contributed by atoms with van der Waals surface area (Å²) in [7, 11) is 2.03. The van der Waals surface area contributed by atoms with Gasteiger partial charge in [-0.1, -0.05) is 59.6 Å². The lowest BCUT2D eigenvalue weighted by Gasteiger charge is -2.17. The average molecular weight is 364 g/mol. The van der Waals surface area contributed by atoms with E-state index >= 15 is 0 Å². The molecule has 21 heavy (non-hydrogen) atoms. The summed E-state index contributed by atoms with van der Waals surface area (Å²) in [4.78, 5) is 1.30. The van der Waals surface area contributed by atoms with Gasteiger partial charge in [0.1, 0.15) is 0 Å². The van der Waals surface area contributed by atoms with Crippen LogP contribution in [-0.4, -0.2) is 12.8 Å². The third-order valence-corrected chi connectivity index (χ3v) is 5.06. The van der Waals surface area contributed by atoms with Crippen LogP contribution >= 0.6 is 27.7 Å². The van der Waals surface area contributed by atoms with Crippen molar-refractivity contribution in [1.82, 2.24) is 5.32 Å². The molecule has 0 aliphatic rings. The molecule has 1 atom stereocenters. The Bertz CT molecular complexity index is 553. The minimum atomic E-state index is 0.379. The molecule has 0 spiro atoms. The standard InChI is InChI=1S/C18H22BrNS/c1-3-5-14-8-10-15(11-9-14)18(20-2)13-21-17-7-4-6-16(19)12-17/h4,6-12,18,20H,3,5,13H2,1-2H3. The molecule has 0 fully saturated rings. The zero-order valence-corrected chi connectivity index (χ0v) is 15.0. The van der Waals surface area contributed by atoms with Crippen molar-refractivity contribution < 1.29 is 0 Å². The fraction of sp³-hybridized carbons (Fsp3) is 0.333. The number of thioether (sulfide) groups is 1. The van der Waals surface area contributed by atoms with E-state index in [1.165, 1.54) is 22.4 Å². The van der Waals surface area contributed by atoms with Crippen molar-refractivity contribution in [2.45, 2.75) is 30.7 Å². The number of rotatable bonds is 7. The predicted molar refractivity (Wildman–Crippen MR) is 97.1 cm³/mol. The summed E-state index contributed by atoms with van der Waals surface area (Å²) in [5.74, 6) is 1.03. The second-order valence-corrected chi connectivity index (χ2v) is 7.11. The second-order valence-electron chi connectivity index (χ2n) is 5.10. The van der Waals surface area contributed by atoms with Gasteiger partial charge in [0.2, 0.25) is 0 Å². The smallest absolute Gasteiger partial charge is 0.0412 e. The first kappa shape index (κ1) is 16.6. The molecule has 0 saturated heterocycles. The summed E-state index contributed by atoms with van der Waals surface area (Å²) in [5, 5.41) is 3.42.